The normalized spacial score (nSPS) is 19.3. The van der Waals surface area contributed by atoms with Crippen LogP contribution in [0.15, 0.2) is 22.8 Å². The molecule has 1 atom stereocenters. The smallest absolute Gasteiger partial charge is 0.234 e. The van der Waals surface area contributed by atoms with Crippen LogP contribution in [0.25, 0.3) is 0 Å². The first-order valence-electron chi connectivity index (χ1n) is 6.33. The minimum Gasteiger partial charge on any atom is -0.468 e. The Morgan fingerprint density at radius 2 is 2.50 bits per heavy atom. The second kappa shape index (κ2) is 6.56. The van der Waals surface area contributed by atoms with Crippen molar-refractivity contribution in [3.05, 3.63) is 24.2 Å². The van der Waals surface area contributed by atoms with Crippen LogP contribution < -0.4 is 5.32 Å². The number of carbonyl (C=O) groups is 1. The third kappa shape index (κ3) is 4.16. The maximum Gasteiger partial charge on any atom is 0.234 e. The number of carbonyl (C=O) groups excluding carboxylic acids is 1. The molecule has 1 aliphatic heterocycles. The summed E-state index contributed by atoms with van der Waals surface area (Å²) in [6, 6.07) is 3.75. The molecule has 5 nitrogen and oxygen atoms in total. The second-order valence-corrected chi connectivity index (χ2v) is 4.69. The third-order valence-corrected chi connectivity index (χ3v) is 2.97. The predicted octanol–water partition coefficient (Wildman–Crippen LogP) is 1.01. The monoisotopic (exact) mass is 252 g/mol. The number of nitrogens with zero attached hydrogens (tertiary/aromatic N) is 1. The van der Waals surface area contributed by atoms with E-state index in [0.717, 1.165) is 25.2 Å². The lowest BCUT2D eigenvalue weighted by Gasteiger charge is -2.16. The van der Waals surface area contributed by atoms with Gasteiger partial charge in [-0.25, -0.2) is 0 Å². The van der Waals surface area contributed by atoms with Gasteiger partial charge in [0.15, 0.2) is 0 Å². The van der Waals surface area contributed by atoms with Crippen molar-refractivity contribution in [1.29, 1.82) is 0 Å². The lowest BCUT2D eigenvalue weighted by molar-refractivity contribution is -0.122. The maximum atomic E-state index is 11.7. The summed E-state index contributed by atoms with van der Waals surface area (Å²) < 4.78 is 10.7. The quantitative estimate of drug-likeness (QED) is 0.821. The van der Waals surface area contributed by atoms with Crippen LogP contribution in [0.5, 0.6) is 0 Å². The van der Waals surface area contributed by atoms with Gasteiger partial charge in [0.05, 0.1) is 25.5 Å². The largest absolute Gasteiger partial charge is 0.468 e. The molecule has 1 fully saturated rings. The van der Waals surface area contributed by atoms with Crippen molar-refractivity contribution < 1.29 is 13.9 Å². The van der Waals surface area contributed by atoms with Gasteiger partial charge in [0, 0.05) is 13.2 Å². The van der Waals surface area contributed by atoms with Crippen LogP contribution in [0, 0.1) is 0 Å². The molecule has 0 saturated carbocycles. The molecule has 1 aromatic rings. The molecule has 1 unspecified atom stereocenters. The summed E-state index contributed by atoms with van der Waals surface area (Å²) in [6.45, 7) is 2.44. The fraction of sp³-hybridized carbons (Fsp3) is 0.615. The second-order valence-electron chi connectivity index (χ2n) is 4.69. The Labute approximate surface area is 107 Å². The van der Waals surface area contributed by atoms with E-state index < -0.39 is 0 Å². The molecule has 2 heterocycles. The Kier molecular flexibility index (Phi) is 4.78. The van der Waals surface area contributed by atoms with Gasteiger partial charge in [-0.3, -0.25) is 9.69 Å². The lowest BCUT2D eigenvalue weighted by Crippen LogP contribution is -2.38. The minimum atomic E-state index is 0.0274. The summed E-state index contributed by atoms with van der Waals surface area (Å²) >= 11 is 0. The van der Waals surface area contributed by atoms with Crippen LogP contribution in [-0.4, -0.2) is 43.7 Å². The Bertz CT molecular complexity index is 358. The highest BCUT2D eigenvalue weighted by Crippen LogP contribution is 2.10. The van der Waals surface area contributed by atoms with E-state index in [4.69, 9.17) is 9.15 Å². The Balaban J connectivity index is 1.63. The van der Waals surface area contributed by atoms with Gasteiger partial charge >= 0.3 is 0 Å². The molecule has 0 aliphatic carbocycles. The number of likely N-dealkylation sites (N-methyl/N-ethyl adjacent to an activating group) is 1. The van der Waals surface area contributed by atoms with E-state index in [9.17, 15) is 4.79 Å². The highest BCUT2D eigenvalue weighted by molar-refractivity contribution is 5.77. The number of nitrogens with one attached hydrogen (secondary N) is 1. The van der Waals surface area contributed by atoms with E-state index in [0.29, 0.717) is 19.6 Å². The molecule has 2 rings (SSSR count). The average molecular weight is 252 g/mol. The number of hydrogen-bond acceptors (Lipinski definition) is 4. The molecule has 1 saturated heterocycles. The Morgan fingerprint density at radius 1 is 1.61 bits per heavy atom. The van der Waals surface area contributed by atoms with Gasteiger partial charge in [-0.1, -0.05) is 0 Å². The van der Waals surface area contributed by atoms with Gasteiger partial charge in [0.25, 0.3) is 0 Å². The van der Waals surface area contributed by atoms with Crippen molar-refractivity contribution in [2.75, 3.05) is 26.7 Å². The zero-order chi connectivity index (χ0) is 12.8. The maximum absolute atomic E-state index is 11.7. The SMILES string of the molecule is CN(CC(=O)NCC1CCCO1)Cc1ccco1. The van der Waals surface area contributed by atoms with Crippen molar-refractivity contribution >= 4 is 5.91 Å². The molecule has 0 radical (unpaired) electrons. The first kappa shape index (κ1) is 13.1. The number of furan rings is 1. The molecular weight excluding hydrogens is 232 g/mol. The summed E-state index contributed by atoms with van der Waals surface area (Å²) in [4.78, 5) is 13.6. The van der Waals surface area contributed by atoms with E-state index in [2.05, 4.69) is 5.32 Å². The van der Waals surface area contributed by atoms with Crippen LogP contribution in [-0.2, 0) is 16.1 Å². The average Bonchev–Trinajstić information content (AvgIpc) is 2.98. The van der Waals surface area contributed by atoms with E-state index in [1.54, 1.807) is 6.26 Å². The van der Waals surface area contributed by atoms with Gasteiger partial charge in [-0.15, -0.1) is 0 Å². The first-order chi connectivity index (χ1) is 8.74. The number of ether oxygens (including phenoxy) is 1. The highest BCUT2D eigenvalue weighted by Gasteiger charge is 2.16. The molecule has 1 aromatic heterocycles. The predicted molar refractivity (Wildman–Crippen MR) is 67.0 cm³/mol. The van der Waals surface area contributed by atoms with Gasteiger partial charge < -0.3 is 14.5 Å². The van der Waals surface area contributed by atoms with Crippen molar-refractivity contribution in [2.45, 2.75) is 25.5 Å². The molecule has 5 heteroatoms. The topological polar surface area (TPSA) is 54.7 Å². The molecule has 1 amide bonds. The first-order valence-corrected chi connectivity index (χ1v) is 6.33. The minimum absolute atomic E-state index is 0.0274. The van der Waals surface area contributed by atoms with Gasteiger partial charge in [-0.2, -0.15) is 0 Å². The molecule has 0 bridgehead atoms. The Morgan fingerprint density at radius 3 is 3.17 bits per heavy atom. The fourth-order valence-corrected chi connectivity index (χ4v) is 2.06. The van der Waals surface area contributed by atoms with Gasteiger partial charge in [0.2, 0.25) is 5.91 Å². The zero-order valence-electron chi connectivity index (χ0n) is 10.7. The van der Waals surface area contributed by atoms with Crippen LogP contribution in [0.1, 0.15) is 18.6 Å². The summed E-state index contributed by atoms with van der Waals surface area (Å²) in [5, 5.41) is 2.90. The molecular formula is C13H20N2O3. The molecule has 1 aliphatic rings. The summed E-state index contributed by atoms with van der Waals surface area (Å²) in [6.07, 6.45) is 3.98. The van der Waals surface area contributed by atoms with Crippen LogP contribution in [0.4, 0.5) is 0 Å². The number of amides is 1. The van der Waals surface area contributed by atoms with Crippen molar-refractivity contribution in [3.8, 4) is 0 Å². The zero-order valence-corrected chi connectivity index (χ0v) is 10.7. The van der Waals surface area contributed by atoms with E-state index in [-0.39, 0.29) is 12.0 Å². The summed E-state index contributed by atoms with van der Waals surface area (Å²) in [5.74, 6) is 0.893. The van der Waals surface area contributed by atoms with E-state index in [1.807, 2.05) is 24.1 Å². The third-order valence-electron chi connectivity index (χ3n) is 2.97. The van der Waals surface area contributed by atoms with E-state index >= 15 is 0 Å². The van der Waals surface area contributed by atoms with E-state index in [1.165, 1.54) is 0 Å². The van der Waals surface area contributed by atoms with Crippen molar-refractivity contribution in [1.82, 2.24) is 10.2 Å². The number of rotatable bonds is 6. The fourth-order valence-electron chi connectivity index (χ4n) is 2.06. The molecule has 100 valence electrons. The lowest BCUT2D eigenvalue weighted by atomic mass is 10.2. The van der Waals surface area contributed by atoms with Crippen molar-refractivity contribution in [2.24, 2.45) is 0 Å². The summed E-state index contributed by atoms with van der Waals surface area (Å²) in [5.41, 5.74) is 0. The van der Waals surface area contributed by atoms with Crippen LogP contribution >= 0.6 is 0 Å². The Hall–Kier alpha value is -1.33. The van der Waals surface area contributed by atoms with Crippen molar-refractivity contribution in [3.63, 3.8) is 0 Å². The standard InChI is InChI=1S/C13H20N2O3/c1-15(9-12-5-3-7-18-12)10-13(16)14-8-11-4-2-6-17-11/h3,5,7,11H,2,4,6,8-10H2,1H3,(H,14,16). The van der Waals surface area contributed by atoms with Crippen LogP contribution in [0.2, 0.25) is 0 Å². The van der Waals surface area contributed by atoms with Gasteiger partial charge in [0.1, 0.15) is 5.76 Å². The molecule has 1 N–H and O–H groups in total. The molecule has 0 aromatic carbocycles. The molecule has 0 spiro atoms. The number of hydrogen-bond donors (Lipinski definition) is 1. The van der Waals surface area contributed by atoms with Gasteiger partial charge in [-0.05, 0) is 32.0 Å². The molecule has 18 heavy (non-hydrogen) atoms. The summed E-state index contributed by atoms with van der Waals surface area (Å²) in [7, 11) is 1.90. The van der Waals surface area contributed by atoms with Crippen LogP contribution in [0.3, 0.4) is 0 Å². The highest BCUT2D eigenvalue weighted by atomic mass is 16.5.